The zero-order valence-corrected chi connectivity index (χ0v) is 26.3. The number of aliphatic hydroxyl groups is 4. The van der Waals surface area contributed by atoms with Gasteiger partial charge in [-0.25, -0.2) is 8.78 Å². The van der Waals surface area contributed by atoms with Crippen molar-refractivity contribution < 1.29 is 53.0 Å². The van der Waals surface area contributed by atoms with Gasteiger partial charge in [-0.05, 0) is 55.3 Å². The van der Waals surface area contributed by atoms with E-state index in [1.165, 1.54) is 31.2 Å². The summed E-state index contributed by atoms with van der Waals surface area (Å²) >= 11 is 12.0. The number of halogens is 4. The fraction of sp³-hybridized carbons (Fsp3) is 0.452. The Morgan fingerprint density at radius 3 is 2.48 bits per heavy atom. The third kappa shape index (κ3) is 7.48. The Bertz CT molecular complexity index is 1530. The SMILES string of the molecule is CC(=Cc1ccc(O[C@H]2CC(=C(C)NOCc3cc(F)cc(Cl)c3Cl)[C@H](O)C2)c(F)c1)C(=O)N[C@@H]1[C@H](O)[C@@H](O)[C@H]2OCO[C@H]2[C@@H]1O. The molecule has 11 nitrogen and oxygen atoms in total. The Morgan fingerprint density at radius 2 is 1.76 bits per heavy atom. The summed E-state index contributed by atoms with van der Waals surface area (Å²) in [6.07, 6.45) is -5.55. The van der Waals surface area contributed by atoms with Crippen molar-refractivity contribution in [3.63, 3.8) is 0 Å². The Balaban J connectivity index is 1.16. The number of carbonyl (C=O) groups is 1. The highest BCUT2D eigenvalue weighted by Gasteiger charge is 2.53. The van der Waals surface area contributed by atoms with Crippen LogP contribution in [0.4, 0.5) is 8.78 Å². The van der Waals surface area contributed by atoms with Crippen molar-refractivity contribution in [2.24, 2.45) is 0 Å². The molecule has 1 saturated heterocycles. The van der Waals surface area contributed by atoms with E-state index in [4.69, 9.17) is 42.3 Å². The molecule has 0 unspecified atom stereocenters. The van der Waals surface area contributed by atoms with Crippen LogP contribution in [0.15, 0.2) is 47.2 Å². The van der Waals surface area contributed by atoms with E-state index in [9.17, 15) is 29.6 Å². The molecule has 2 saturated carbocycles. The van der Waals surface area contributed by atoms with Gasteiger partial charge in [0.2, 0.25) is 5.91 Å². The number of benzene rings is 2. The molecule has 1 heterocycles. The summed E-state index contributed by atoms with van der Waals surface area (Å²) in [6, 6.07) is 5.21. The number of hydrogen-bond acceptors (Lipinski definition) is 10. The number of carbonyl (C=O) groups excluding carboxylic acids is 1. The molecular weight excluding hydrogens is 653 g/mol. The largest absolute Gasteiger partial charge is 0.487 e. The highest BCUT2D eigenvalue weighted by molar-refractivity contribution is 6.42. The van der Waals surface area contributed by atoms with E-state index in [0.29, 0.717) is 22.4 Å². The van der Waals surface area contributed by atoms with Gasteiger partial charge in [-0.1, -0.05) is 29.3 Å². The first-order valence-corrected chi connectivity index (χ1v) is 15.2. The Hall–Kier alpha value is -2.85. The van der Waals surface area contributed by atoms with Crippen LogP contribution < -0.4 is 15.5 Å². The van der Waals surface area contributed by atoms with Crippen LogP contribution in [0.2, 0.25) is 10.0 Å². The predicted molar refractivity (Wildman–Crippen MR) is 161 cm³/mol. The second kappa shape index (κ2) is 14.5. The van der Waals surface area contributed by atoms with E-state index in [0.717, 1.165) is 6.07 Å². The molecule has 2 aromatic rings. The predicted octanol–water partition coefficient (Wildman–Crippen LogP) is 2.90. The maximum Gasteiger partial charge on any atom is 0.247 e. The van der Waals surface area contributed by atoms with E-state index in [2.05, 4.69) is 10.8 Å². The minimum Gasteiger partial charge on any atom is -0.487 e. The summed E-state index contributed by atoms with van der Waals surface area (Å²) in [5, 5.41) is 44.7. The quantitative estimate of drug-likeness (QED) is 0.132. The number of nitrogens with one attached hydrogen (secondary N) is 2. The summed E-state index contributed by atoms with van der Waals surface area (Å²) < 4.78 is 45.0. The van der Waals surface area contributed by atoms with Gasteiger partial charge in [0.25, 0.3) is 0 Å². The lowest BCUT2D eigenvalue weighted by atomic mass is 9.83. The molecular formula is C31H34Cl2F2N2O9. The number of allylic oxidation sites excluding steroid dienone is 1. The van der Waals surface area contributed by atoms with Crippen LogP contribution in [-0.4, -0.2) is 81.9 Å². The van der Waals surface area contributed by atoms with Crippen LogP contribution in [0.5, 0.6) is 5.75 Å². The number of rotatable bonds is 9. The van der Waals surface area contributed by atoms with Gasteiger partial charge in [0, 0.05) is 29.7 Å². The number of ether oxygens (including phenoxy) is 3. The molecule has 0 radical (unpaired) electrons. The molecule has 1 amide bonds. The molecule has 15 heteroatoms. The van der Waals surface area contributed by atoms with Crippen LogP contribution in [0.3, 0.4) is 0 Å². The standard InChI is InChI=1S/C31H34Cl2F2N2O9/c1-13(31(42)36-25-26(39)28(41)30-29(27(25)40)43-12-44-30)5-15-3-4-23(21(35)6-15)46-18-9-19(22(38)10-18)14(2)37-45-11-16-7-17(34)8-20(32)24(16)33/h3-8,18,22,25-30,37-41H,9-12H2,1-2H3,(H,36,42)/t18-,22+,25+,26-,27+,28+,29-,30+/m0/s1. The summed E-state index contributed by atoms with van der Waals surface area (Å²) in [5.74, 6) is -1.95. The number of amides is 1. The first-order chi connectivity index (χ1) is 21.8. The summed E-state index contributed by atoms with van der Waals surface area (Å²) in [4.78, 5) is 18.3. The maximum atomic E-state index is 15.0. The lowest BCUT2D eigenvalue weighted by Gasteiger charge is -2.41. The minimum atomic E-state index is -1.50. The smallest absolute Gasteiger partial charge is 0.247 e. The Morgan fingerprint density at radius 1 is 1.04 bits per heavy atom. The topological polar surface area (TPSA) is 159 Å². The van der Waals surface area contributed by atoms with Gasteiger partial charge in [-0.15, -0.1) is 0 Å². The zero-order valence-electron chi connectivity index (χ0n) is 24.8. The molecule has 8 atom stereocenters. The van der Waals surface area contributed by atoms with E-state index in [1.807, 2.05) is 0 Å². The highest BCUT2D eigenvalue weighted by atomic mass is 35.5. The molecule has 3 aliphatic rings. The van der Waals surface area contributed by atoms with Crippen LogP contribution >= 0.6 is 23.2 Å². The second-order valence-corrected chi connectivity index (χ2v) is 12.3. The normalized spacial score (nSPS) is 30.6. The van der Waals surface area contributed by atoms with Crippen molar-refractivity contribution in [1.82, 2.24) is 10.8 Å². The molecule has 0 spiro atoms. The van der Waals surface area contributed by atoms with Crippen molar-refractivity contribution in [2.75, 3.05) is 6.79 Å². The van der Waals surface area contributed by atoms with Gasteiger partial charge < -0.3 is 40.0 Å². The van der Waals surface area contributed by atoms with Crippen molar-refractivity contribution in [1.29, 1.82) is 0 Å². The van der Waals surface area contributed by atoms with E-state index in [1.54, 1.807) is 13.0 Å². The fourth-order valence-electron chi connectivity index (χ4n) is 5.77. The van der Waals surface area contributed by atoms with E-state index < -0.39 is 66.3 Å². The lowest BCUT2D eigenvalue weighted by molar-refractivity contribution is -0.155. The molecule has 6 N–H and O–H groups in total. The fourth-order valence-corrected chi connectivity index (χ4v) is 6.16. The number of hydrogen-bond donors (Lipinski definition) is 6. The summed E-state index contributed by atoms with van der Waals surface area (Å²) in [5.41, 5.74) is 4.66. The van der Waals surface area contributed by atoms with Crippen LogP contribution in [0.1, 0.15) is 37.8 Å². The van der Waals surface area contributed by atoms with Crippen molar-refractivity contribution in [3.05, 3.63) is 80.0 Å². The van der Waals surface area contributed by atoms with Crippen molar-refractivity contribution in [3.8, 4) is 5.75 Å². The summed E-state index contributed by atoms with van der Waals surface area (Å²) in [7, 11) is 0. The first-order valence-electron chi connectivity index (χ1n) is 14.5. The third-order valence-corrected chi connectivity index (χ3v) is 9.07. The summed E-state index contributed by atoms with van der Waals surface area (Å²) in [6.45, 7) is 2.91. The van der Waals surface area contributed by atoms with Gasteiger partial charge in [0.05, 0.1) is 22.2 Å². The second-order valence-electron chi connectivity index (χ2n) is 11.5. The van der Waals surface area contributed by atoms with E-state index >= 15 is 4.39 Å². The van der Waals surface area contributed by atoms with Crippen LogP contribution in [0.25, 0.3) is 6.08 Å². The lowest BCUT2D eigenvalue weighted by Crippen LogP contribution is -2.67. The monoisotopic (exact) mass is 686 g/mol. The van der Waals surface area contributed by atoms with Gasteiger partial charge in [0.1, 0.15) is 55.8 Å². The molecule has 0 aromatic heterocycles. The van der Waals surface area contributed by atoms with Crippen molar-refractivity contribution >= 4 is 35.2 Å². The Labute approximate surface area is 273 Å². The molecule has 5 rings (SSSR count). The highest BCUT2D eigenvalue weighted by Crippen LogP contribution is 2.33. The zero-order chi connectivity index (χ0) is 33.3. The third-order valence-electron chi connectivity index (χ3n) is 8.23. The van der Waals surface area contributed by atoms with Gasteiger partial charge in [0.15, 0.2) is 11.6 Å². The van der Waals surface area contributed by atoms with Gasteiger partial charge in [-0.3, -0.25) is 15.1 Å². The molecule has 0 bridgehead atoms. The number of aliphatic hydroxyl groups excluding tert-OH is 4. The molecule has 46 heavy (non-hydrogen) atoms. The number of hydroxylamine groups is 1. The average Bonchev–Trinajstić information content (AvgIpc) is 3.65. The molecule has 250 valence electrons. The molecule has 2 aliphatic carbocycles. The first kappa shape index (κ1) is 34.5. The molecule has 3 fully saturated rings. The van der Waals surface area contributed by atoms with Crippen LogP contribution in [-0.2, 0) is 25.7 Å². The Kier molecular flexibility index (Phi) is 10.9. The van der Waals surface area contributed by atoms with Gasteiger partial charge >= 0.3 is 0 Å². The van der Waals surface area contributed by atoms with Gasteiger partial charge in [-0.2, -0.15) is 0 Å². The minimum absolute atomic E-state index is 0.0482. The maximum absolute atomic E-state index is 15.0. The average molecular weight is 688 g/mol. The molecule has 2 aromatic carbocycles. The van der Waals surface area contributed by atoms with Crippen molar-refractivity contribution in [2.45, 2.75) is 82.1 Å². The van der Waals surface area contributed by atoms with E-state index in [-0.39, 0.29) is 47.6 Å². The van der Waals surface area contributed by atoms with Crippen LogP contribution in [0, 0.1) is 11.6 Å². The number of fused-ring (bicyclic) bond motifs is 1. The molecule has 1 aliphatic heterocycles.